The molecule has 1 N–H and O–H groups in total. The Labute approximate surface area is 109 Å². The maximum absolute atomic E-state index is 11.3. The molecule has 0 saturated carbocycles. The average Bonchev–Trinajstić information content (AvgIpc) is 2.19. The number of amides is 1. The van der Waals surface area contributed by atoms with Gasteiger partial charge in [0.25, 0.3) is 0 Å². The van der Waals surface area contributed by atoms with Crippen molar-refractivity contribution in [2.75, 3.05) is 20.3 Å². The molecule has 1 aromatic rings. The molecule has 1 amide bonds. The van der Waals surface area contributed by atoms with E-state index in [0.717, 1.165) is 0 Å². The van der Waals surface area contributed by atoms with E-state index in [-0.39, 0.29) is 38.6 Å². The quantitative estimate of drug-likeness (QED) is 0.649. The van der Waals surface area contributed by atoms with E-state index in [1.807, 2.05) is 0 Å². The fourth-order valence-corrected chi connectivity index (χ4v) is 0.903. The molecule has 0 bridgehead atoms. The van der Waals surface area contributed by atoms with Crippen molar-refractivity contribution in [3.8, 4) is 0 Å². The van der Waals surface area contributed by atoms with Gasteiger partial charge >= 0.3 is 0 Å². The first kappa shape index (κ1) is 13.8. The van der Waals surface area contributed by atoms with Crippen LogP contribution in [0.1, 0.15) is 10.4 Å². The first-order valence-corrected chi connectivity index (χ1v) is 4.08. The molecule has 0 spiro atoms. The Morgan fingerprint density at radius 2 is 2.43 bits per heavy atom. The summed E-state index contributed by atoms with van der Waals surface area (Å²) in [7, 11) is 1.60. The van der Waals surface area contributed by atoms with Crippen molar-refractivity contribution < 1.29 is 42.2 Å². The molecule has 14 heavy (non-hydrogen) atoms. The fourth-order valence-electron chi connectivity index (χ4n) is 0.903. The van der Waals surface area contributed by atoms with Crippen molar-refractivity contribution in [1.82, 2.24) is 5.32 Å². The Balaban J connectivity index is 0.00000169. The summed E-state index contributed by atoms with van der Waals surface area (Å²) in [5.74, 6) is -0.0890. The van der Waals surface area contributed by atoms with Crippen LogP contribution in [0.15, 0.2) is 24.3 Å². The van der Waals surface area contributed by atoms with Gasteiger partial charge in [0.05, 0.1) is 6.61 Å². The number of hydrogen-bond acceptors (Lipinski definition) is 2. The van der Waals surface area contributed by atoms with Gasteiger partial charge in [-0.3, -0.25) is 4.79 Å². The summed E-state index contributed by atoms with van der Waals surface area (Å²) in [4.78, 5) is 11.3. The molecule has 0 aliphatic heterocycles. The zero-order valence-corrected chi connectivity index (χ0v) is 11.0. The molecule has 1 radical (unpaired) electrons. The minimum atomic E-state index is -0.0890. The van der Waals surface area contributed by atoms with Gasteiger partial charge in [0, 0.05) is 46.4 Å². The summed E-state index contributed by atoms with van der Waals surface area (Å²) in [6.07, 6.45) is 0. The van der Waals surface area contributed by atoms with E-state index in [9.17, 15) is 4.79 Å². The molecule has 0 unspecified atom stereocenters. The Morgan fingerprint density at radius 3 is 3.00 bits per heavy atom. The number of ether oxygens (including phenoxy) is 1. The Kier molecular flexibility index (Phi) is 7.95. The van der Waals surface area contributed by atoms with E-state index in [2.05, 4.69) is 11.4 Å². The number of carbonyl (C=O) groups excluding carboxylic acids is 1. The van der Waals surface area contributed by atoms with Crippen molar-refractivity contribution in [3.63, 3.8) is 0 Å². The van der Waals surface area contributed by atoms with Crippen molar-refractivity contribution in [3.05, 3.63) is 35.9 Å². The van der Waals surface area contributed by atoms with Gasteiger partial charge in [-0.05, 0) is 0 Å². The normalized spacial score (nSPS) is 8.93. The van der Waals surface area contributed by atoms with Crippen molar-refractivity contribution in [2.24, 2.45) is 0 Å². The molecule has 0 aromatic heterocycles. The number of benzene rings is 1. The van der Waals surface area contributed by atoms with Crippen molar-refractivity contribution >= 4 is 5.91 Å². The monoisotopic (exact) mass is 267 g/mol. The standard InChI is InChI=1S/C10H12NO2.Y/c1-13-8-7-11-10(12)9-5-3-2-4-6-9;/h2-3,5-6H,7-8H2,1H3,(H,11,12);/q-1;. The van der Waals surface area contributed by atoms with Crippen LogP contribution in [0, 0.1) is 6.07 Å². The molecule has 73 valence electrons. The maximum Gasteiger partial charge on any atom is 0.195 e. The van der Waals surface area contributed by atoms with Crippen LogP contribution in [0.2, 0.25) is 0 Å². The van der Waals surface area contributed by atoms with Crippen LogP contribution in [0.25, 0.3) is 0 Å². The second-order valence-electron chi connectivity index (χ2n) is 2.54. The molecule has 0 heterocycles. The summed E-state index contributed by atoms with van der Waals surface area (Å²) in [6, 6.07) is 9.78. The van der Waals surface area contributed by atoms with Gasteiger partial charge in [-0.1, -0.05) is 5.56 Å². The molecular formula is C10H12NO2Y-. The predicted octanol–water partition coefficient (Wildman–Crippen LogP) is 0.860. The van der Waals surface area contributed by atoms with E-state index < -0.39 is 0 Å². The Morgan fingerprint density at radius 1 is 1.64 bits per heavy atom. The van der Waals surface area contributed by atoms with E-state index in [1.54, 1.807) is 31.4 Å². The van der Waals surface area contributed by atoms with E-state index in [1.165, 1.54) is 0 Å². The molecular weight excluding hydrogens is 255 g/mol. The van der Waals surface area contributed by atoms with Crippen LogP contribution in [-0.4, -0.2) is 26.2 Å². The average molecular weight is 267 g/mol. The van der Waals surface area contributed by atoms with Gasteiger partial charge in [-0.15, -0.1) is 0 Å². The van der Waals surface area contributed by atoms with Crippen LogP contribution in [0.5, 0.6) is 0 Å². The first-order valence-electron chi connectivity index (χ1n) is 4.08. The zero-order chi connectivity index (χ0) is 9.52. The van der Waals surface area contributed by atoms with Crippen LogP contribution in [0.4, 0.5) is 0 Å². The zero-order valence-electron chi connectivity index (χ0n) is 8.12. The minimum absolute atomic E-state index is 0. The summed E-state index contributed by atoms with van der Waals surface area (Å²) in [5, 5.41) is 2.72. The van der Waals surface area contributed by atoms with Gasteiger partial charge in [-0.25, -0.2) is 0 Å². The van der Waals surface area contributed by atoms with Gasteiger partial charge in [0.15, 0.2) is 5.91 Å². The smallest absolute Gasteiger partial charge is 0.195 e. The second kappa shape index (κ2) is 8.09. The predicted molar refractivity (Wildman–Crippen MR) is 49.5 cm³/mol. The number of nitrogens with one attached hydrogen (secondary N) is 1. The third kappa shape index (κ3) is 4.84. The second-order valence-corrected chi connectivity index (χ2v) is 2.54. The van der Waals surface area contributed by atoms with Gasteiger partial charge in [-0.2, -0.15) is 30.3 Å². The van der Waals surface area contributed by atoms with Crippen molar-refractivity contribution in [1.29, 1.82) is 0 Å². The number of carbonyl (C=O) groups is 1. The number of hydrogen-bond donors (Lipinski definition) is 1. The third-order valence-corrected chi connectivity index (χ3v) is 1.56. The van der Waals surface area contributed by atoms with E-state index >= 15 is 0 Å². The molecule has 0 fully saturated rings. The molecule has 0 atom stereocenters. The van der Waals surface area contributed by atoms with Gasteiger partial charge in [0.2, 0.25) is 0 Å². The van der Waals surface area contributed by atoms with Crippen LogP contribution in [-0.2, 0) is 37.4 Å². The fraction of sp³-hybridized carbons (Fsp3) is 0.300. The third-order valence-electron chi connectivity index (χ3n) is 1.56. The van der Waals surface area contributed by atoms with E-state index in [0.29, 0.717) is 18.7 Å². The first-order chi connectivity index (χ1) is 6.34. The van der Waals surface area contributed by atoms with Crippen LogP contribution < -0.4 is 5.32 Å². The summed E-state index contributed by atoms with van der Waals surface area (Å²) >= 11 is 0. The summed E-state index contributed by atoms with van der Waals surface area (Å²) in [5.41, 5.74) is 0.624. The Hall–Kier alpha value is -0.246. The van der Waals surface area contributed by atoms with Gasteiger partial charge in [0.1, 0.15) is 0 Å². The van der Waals surface area contributed by atoms with Gasteiger partial charge < -0.3 is 10.1 Å². The molecule has 3 nitrogen and oxygen atoms in total. The minimum Gasteiger partial charge on any atom is -0.383 e. The topological polar surface area (TPSA) is 38.3 Å². The SMILES string of the molecule is COCCNC(=O)c1c[c-]ccc1.[Y]. The number of methoxy groups -OCH3 is 1. The largest absolute Gasteiger partial charge is 0.383 e. The molecule has 0 saturated heterocycles. The molecule has 0 aliphatic rings. The Bertz CT molecular complexity index is 264. The van der Waals surface area contributed by atoms with Crippen LogP contribution in [0.3, 0.4) is 0 Å². The van der Waals surface area contributed by atoms with Crippen molar-refractivity contribution in [2.45, 2.75) is 0 Å². The molecule has 1 aromatic carbocycles. The number of rotatable bonds is 4. The summed E-state index contributed by atoms with van der Waals surface area (Å²) in [6.45, 7) is 1.06. The molecule has 0 aliphatic carbocycles. The maximum atomic E-state index is 11.3. The molecule has 4 heteroatoms. The molecule has 1 rings (SSSR count). The summed E-state index contributed by atoms with van der Waals surface area (Å²) < 4.78 is 4.81. The van der Waals surface area contributed by atoms with Crippen LogP contribution >= 0.6 is 0 Å². The van der Waals surface area contributed by atoms with E-state index in [4.69, 9.17) is 4.74 Å².